The highest BCUT2D eigenvalue weighted by Gasteiger charge is 1.94. The summed E-state index contributed by atoms with van der Waals surface area (Å²) in [6, 6.07) is 0. The van der Waals surface area contributed by atoms with Crippen molar-refractivity contribution in [2.24, 2.45) is 0 Å². The lowest BCUT2D eigenvalue weighted by Gasteiger charge is -2.04. The van der Waals surface area contributed by atoms with Crippen molar-refractivity contribution >= 4 is 35.5 Å². The van der Waals surface area contributed by atoms with E-state index in [4.69, 9.17) is 0 Å². The van der Waals surface area contributed by atoms with E-state index < -0.39 is 11.9 Å². The quantitative estimate of drug-likeness (QED) is 0.454. The van der Waals surface area contributed by atoms with Gasteiger partial charge in [-0.2, -0.15) is 23.5 Å². The van der Waals surface area contributed by atoms with Crippen molar-refractivity contribution in [3.05, 3.63) is 0 Å². The molecule has 0 radical (unpaired) electrons. The lowest BCUT2D eigenvalue weighted by Crippen LogP contribution is -2.22. The number of carboxylic acid groups (broad SMARTS) is 2. The molecule has 0 aromatic rings. The standard InChI is InChI=1S/C12H22O4S2/c13-11(14)5-9-17-7-3-1-2-4-8-18-10-6-12(15)16/h1-10H2,(H,13,14)(H,15,16)/p-2. The van der Waals surface area contributed by atoms with E-state index in [0.717, 1.165) is 37.2 Å². The number of rotatable bonds is 13. The van der Waals surface area contributed by atoms with Gasteiger partial charge in [-0.3, -0.25) is 0 Å². The van der Waals surface area contributed by atoms with E-state index in [9.17, 15) is 19.8 Å². The molecule has 0 atom stereocenters. The molecule has 0 heterocycles. The van der Waals surface area contributed by atoms with Crippen LogP contribution < -0.4 is 10.2 Å². The van der Waals surface area contributed by atoms with E-state index >= 15 is 0 Å². The number of thioether (sulfide) groups is 2. The molecule has 0 aliphatic heterocycles. The number of carboxylic acids is 2. The summed E-state index contributed by atoms with van der Waals surface area (Å²) >= 11 is 3.32. The van der Waals surface area contributed by atoms with Crippen molar-refractivity contribution < 1.29 is 19.8 Å². The third-order valence-electron chi connectivity index (χ3n) is 2.23. The van der Waals surface area contributed by atoms with E-state index in [1.54, 1.807) is 23.5 Å². The Morgan fingerprint density at radius 3 is 1.39 bits per heavy atom. The molecule has 0 amide bonds. The van der Waals surface area contributed by atoms with Gasteiger partial charge in [-0.25, -0.2) is 0 Å². The number of aliphatic carboxylic acids is 2. The van der Waals surface area contributed by atoms with Crippen LogP contribution in [0.5, 0.6) is 0 Å². The Hall–Kier alpha value is -0.360. The van der Waals surface area contributed by atoms with Gasteiger partial charge in [0.15, 0.2) is 0 Å². The fraction of sp³-hybridized carbons (Fsp3) is 0.833. The Labute approximate surface area is 117 Å². The van der Waals surface area contributed by atoms with E-state index in [1.807, 2.05) is 0 Å². The highest BCUT2D eigenvalue weighted by Crippen LogP contribution is 2.11. The van der Waals surface area contributed by atoms with Crippen molar-refractivity contribution in [3.63, 3.8) is 0 Å². The molecular weight excluding hydrogens is 272 g/mol. The average Bonchev–Trinajstić information content (AvgIpc) is 2.29. The van der Waals surface area contributed by atoms with Crippen LogP contribution in [0.2, 0.25) is 0 Å². The summed E-state index contributed by atoms with van der Waals surface area (Å²) in [4.78, 5) is 20.3. The smallest absolute Gasteiger partial charge is 0.0422 e. The lowest BCUT2D eigenvalue weighted by molar-refractivity contribution is -0.306. The zero-order valence-corrected chi connectivity index (χ0v) is 12.2. The maximum atomic E-state index is 10.1. The van der Waals surface area contributed by atoms with Crippen LogP contribution in [0.1, 0.15) is 38.5 Å². The van der Waals surface area contributed by atoms with Crippen LogP contribution in [0.4, 0.5) is 0 Å². The average molecular weight is 292 g/mol. The summed E-state index contributed by atoms with van der Waals surface area (Å²) in [6.07, 6.45) is 4.81. The summed E-state index contributed by atoms with van der Waals surface area (Å²) in [5, 5.41) is 20.3. The van der Waals surface area contributed by atoms with Gasteiger partial charge in [-0.15, -0.1) is 0 Å². The number of hydrogen-bond donors (Lipinski definition) is 0. The molecule has 0 spiro atoms. The maximum absolute atomic E-state index is 10.1. The first-order valence-electron chi connectivity index (χ1n) is 6.18. The Balaban J connectivity index is 2.99. The van der Waals surface area contributed by atoms with Crippen LogP contribution in [-0.2, 0) is 9.59 Å². The maximum Gasteiger partial charge on any atom is 0.0422 e. The van der Waals surface area contributed by atoms with Crippen LogP contribution in [-0.4, -0.2) is 35.0 Å². The van der Waals surface area contributed by atoms with Gasteiger partial charge >= 0.3 is 0 Å². The molecule has 106 valence electrons. The Kier molecular flexibility index (Phi) is 12.8. The SMILES string of the molecule is O=C([O-])CCSCCCCCCSCCC(=O)[O-]. The van der Waals surface area contributed by atoms with Crippen LogP contribution in [0.15, 0.2) is 0 Å². The van der Waals surface area contributed by atoms with Crippen LogP contribution in [0.3, 0.4) is 0 Å². The Morgan fingerprint density at radius 1 is 0.667 bits per heavy atom. The van der Waals surface area contributed by atoms with E-state index in [1.165, 1.54) is 0 Å². The molecule has 0 aromatic heterocycles. The first kappa shape index (κ1) is 17.6. The van der Waals surface area contributed by atoms with E-state index in [0.29, 0.717) is 11.5 Å². The number of carbonyl (C=O) groups is 2. The van der Waals surface area contributed by atoms with Gasteiger partial charge in [0.2, 0.25) is 0 Å². The van der Waals surface area contributed by atoms with Gasteiger partial charge in [0, 0.05) is 11.9 Å². The molecule has 0 aliphatic rings. The van der Waals surface area contributed by atoms with Crippen molar-refractivity contribution in [2.75, 3.05) is 23.0 Å². The summed E-state index contributed by atoms with van der Waals surface area (Å²) in [6.45, 7) is 0. The molecule has 0 aromatic carbocycles. The topological polar surface area (TPSA) is 80.3 Å². The van der Waals surface area contributed by atoms with Crippen molar-refractivity contribution in [1.29, 1.82) is 0 Å². The van der Waals surface area contributed by atoms with Crippen molar-refractivity contribution in [3.8, 4) is 0 Å². The molecule has 0 fully saturated rings. The highest BCUT2D eigenvalue weighted by molar-refractivity contribution is 7.99. The monoisotopic (exact) mass is 292 g/mol. The zero-order chi connectivity index (χ0) is 13.6. The third kappa shape index (κ3) is 15.6. The van der Waals surface area contributed by atoms with E-state index in [2.05, 4.69) is 0 Å². The fourth-order valence-corrected chi connectivity index (χ4v) is 3.12. The van der Waals surface area contributed by atoms with Crippen molar-refractivity contribution in [2.45, 2.75) is 38.5 Å². The number of unbranched alkanes of at least 4 members (excludes halogenated alkanes) is 3. The van der Waals surface area contributed by atoms with Gasteiger partial charge in [0.25, 0.3) is 0 Å². The van der Waals surface area contributed by atoms with Gasteiger partial charge < -0.3 is 19.8 Å². The van der Waals surface area contributed by atoms with Crippen LogP contribution >= 0.6 is 23.5 Å². The zero-order valence-electron chi connectivity index (χ0n) is 10.5. The van der Waals surface area contributed by atoms with Crippen LogP contribution in [0, 0.1) is 0 Å². The molecule has 0 rings (SSSR count). The second kappa shape index (κ2) is 13.1. The van der Waals surface area contributed by atoms with E-state index in [-0.39, 0.29) is 12.8 Å². The predicted octanol–water partition coefficient (Wildman–Crippen LogP) is 0.293. The fourth-order valence-electron chi connectivity index (χ4n) is 1.28. The highest BCUT2D eigenvalue weighted by atomic mass is 32.2. The summed E-state index contributed by atoms with van der Waals surface area (Å²) in [7, 11) is 0. The Morgan fingerprint density at radius 2 is 1.06 bits per heavy atom. The molecular formula is C12H20O4S2-2. The second-order valence-electron chi connectivity index (χ2n) is 3.88. The first-order valence-corrected chi connectivity index (χ1v) is 8.49. The minimum absolute atomic E-state index is 0.139. The van der Waals surface area contributed by atoms with Gasteiger partial charge in [-0.05, 0) is 48.7 Å². The lowest BCUT2D eigenvalue weighted by atomic mass is 10.2. The first-order chi connectivity index (χ1) is 8.63. The molecule has 4 nitrogen and oxygen atoms in total. The molecule has 0 N–H and O–H groups in total. The largest absolute Gasteiger partial charge is 0.550 e. The number of carbonyl (C=O) groups excluding carboxylic acids is 2. The molecule has 0 saturated carbocycles. The minimum atomic E-state index is -0.976. The summed E-state index contributed by atoms with van der Waals surface area (Å²) in [5.41, 5.74) is 0. The second-order valence-corrected chi connectivity index (χ2v) is 6.33. The molecule has 0 unspecified atom stereocenters. The van der Waals surface area contributed by atoms with Gasteiger partial charge in [0.05, 0.1) is 0 Å². The number of hydrogen-bond acceptors (Lipinski definition) is 6. The Bertz CT molecular complexity index is 210. The van der Waals surface area contributed by atoms with Gasteiger partial charge in [0.1, 0.15) is 0 Å². The van der Waals surface area contributed by atoms with Crippen molar-refractivity contribution in [1.82, 2.24) is 0 Å². The molecule has 0 aliphatic carbocycles. The van der Waals surface area contributed by atoms with Crippen LogP contribution in [0.25, 0.3) is 0 Å². The summed E-state index contributed by atoms with van der Waals surface area (Å²) < 4.78 is 0. The molecule has 0 saturated heterocycles. The minimum Gasteiger partial charge on any atom is -0.550 e. The normalized spacial score (nSPS) is 10.4. The summed E-state index contributed by atoms with van der Waals surface area (Å²) in [5.74, 6) is 1.34. The van der Waals surface area contributed by atoms with Gasteiger partial charge in [-0.1, -0.05) is 12.8 Å². The molecule has 18 heavy (non-hydrogen) atoms. The molecule has 0 bridgehead atoms. The predicted molar refractivity (Wildman–Crippen MR) is 72.4 cm³/mol. The third-order valence-corrected chi connectivity index (χ3v) is 4.37. The molecule has 6 heteroatoms.